The molecule has 0 aliphatic rings. The molecule has 7 heteroatoms. The van der Waals surface area contributed by atoms with Gasteiger partial charge < -0.3 is 15.2 Å². The highest BCUT2D eigenvalue weighted by atomic mass is 79.9. The molecule has 0 atom stereocenters. The van der Waals surface area contributed by atoms with Crippen molar-refractivity contribution < 1.29 is 14.6 Å². The Morgan fingerprint density at radius 2 is 2.04 bits per heavy atom. The molecule has 0 aliphatic heterocycles. The first kappa shape index (κ1) is 17.8. The molecule has 0 bridgehead atoms. The maximum Gasteiger partial charge on any atom is 0.259 e. The van der Waals surface area contributed by atoms with Crippen molar-refractivity contribution in [3.05, 3.63) is 52.0 Å². The Labute approximate surface area is 148 Å². The minimum absolute atomic E-state index is 0.0148. The summed E-state index contributed by atoms with van der Waals surface area (Å²) in [5, 5.41) is 16.6. The first-order valence-corrected chi connectivity index (χ1v) is 7.98. The number of aromatic hydroxyl groups is 1. The average Bonchev–Trinajstić information content (AvgIpc) is 2.57. The molecule has 0 heterocycles. The molecule has 0 unspecified atom stereocenters. The van der Waals surface area contributed by atoms with Crippen molar-refractivity contribution in [3.63, 3.8) is 0 Å². The van der Waals surface area contributed by atoms with Crippen LogP contribution in [0, 0.1) is 6.92 Å². The van der Waals surface area contributed by atoms with E-state index in [-0.39, 0.29) is 18.2 Å². The maximum absolute atomic E-state index is 11.8. The smallest absolute Gasteiger partial charge is 0.259 e. The number of carbonyl (C=O) groups excluding carboxylic acids is 1. The second-order valence-corrected chi connectivity index (χ2v) is 5.92. The number of nitrogens with zero attached hydrogens (tertiary/aromatic N) is 1. The summed E-state index contributed by atoms with van der Waals surface area (Å²) in [5.74, 6) is 0.0656. The highest BCUT2D eigenvalue weighted by Gasteiger charge is 2.07. The van der Waals surface area contributed by atoms with Crippen molar-refractivity contribution in [2.45, 2.75) is 6.92 Å². The Balaban J connectivity index is 1.88. The summed E-state index contributed by atoms with van der Waals surface area (Å²) >= 11 is 3.23. The third kappa shape index (κ3) is 4.99. The third-order valence-corrected chi connectivity index (χ3v) is 3.78. The number of phenolic OH excluding ortho intramolecular Hbond substituents is 1. The Kier molecular flexibility index (Phi) is 6.20. The van der Waals surface area contributed by atoms with E-state index in [4.69, 9.17) is 4.74 Å². The molecule has 126 valence electrons. The summed E-state index contributed by atoms with van der Waals surface area (Å²) in [6.07, 6.45) is 1.47. The first-order valence-electron chi connectivity index (χ1n) is 7.18. The van der Waals surface area contributed by atoms with Gasteiger partial charge >= 0.3 is 0 Å². The number of rotatable bonds is 6. The van der Waals surface area contributed by atoms with Gasteiger partial charge in [0.25, 0.3) is 5.91 Å². The molecular weight excluding hydrogens is 374 g/mol. The molecule has 0 fully saturated rings. The van der Waals surface area contributed by atoms with E-state index in [1.54, 1.807) is 12.1 Å². The van der Waals surface area contributed by atoms with Gasteiger partial charge in [-0.3, -0.25) is 4.79 Å². The number of methoxy groups -OCH3 is 1. The van der Waals surface area contributed by atoms with E-state index in [2.05, 4.69) is 31.8 Å². The standard InChI is InChI=1S/C17H18BrN3O3/c1-11-3-5-13(6-4-11)19-10-16(22)21-20-9-12-7-14(18)17(23)15(8-12)24-2/h3-9,19,23H,10H2,1-2H3,(H,21,22)/b20-9+. The molecule has 0 radical (unpaired) electrons. The van der Waals surface area contributed by atoms with E-state index in [9.17, 15) is 9.90 Å². The third-order valence-electron chi connectivity index (χ3n) is 3.18. The van der Waals surface area contributed by atoms with Crippen molar-refractivity contribution >= 4 is 33.7 Å². The normalized spacial score (nSPS) is 10.6. The number of hydrogen-bond acceptors (Lipinski definition) is 5. The van der Waals surface area contributed by atoms with E-state index >= 15 is 0 Å². The number of carbonyl (C=O) groups is 1. The largest absolute Gasteiger partial charge is 0.503 e. The molecule has 6 nitrogen and oxygen atoms in total. The monoisotopic (exact) mass is 391 g/mol. The number of phenols is 1. The summed E-state index contributed by atoms with van der Waals surface area (Å²) in [6.45, 7) is 2.12. The van der Waals surface area contributed by atoms with Crippen LogP contribution in [0.3, 0.4) is 0 Å². The molecular formula is C17H18BrN3O3. The molecule has 0 saturated heterocycles. The van der Waals surface area contributed by atoms with Gasteiger partial charge in [-0.2, -0.15) is 5.10 Å². The molecule has 2 aromatic carbocycles. The lowest BCUT2D eigenvalue weighted by Gasteiger charge is -2.07. The fourth-order valence-corrected chi connectivity index (χ4v) is 2.36. The molecule has 0 saturated carbocycles. The van der Waals surface area contributed by atoms with Gasteiger partial charge in [0.2, 0.25) is 0 Å². The van der Waals surface area contributed by atoms with Crippen LogP contribution in [0.25, 0.3) is 0 Å². The highest BCUT2D eigenvalue weighted by Crippen LogP contribution is 2.34. The zero-order chi connectivity index (χ0) is 17.5. The Morgan fingerprint density at radius 1 is 1.33 bits per heavy atom. The van der Waals surface area contributed by atoms with E-state index in [0.717, 1.165) is 11.3 Å². The predicted molar refractivity (Wildman–Crippen MR) is 97.8 cm³/mol. The maximum atomic E-state index is 11.8. The molecule has 0 aliphatic carbocycles. The number of ether oxygens (including phenoxy) is 1. The Bertz CT molecular complexity index is 745. The van der Waals surface area contributed by atoms with Crippen LogP contribution in [0.4, 0.5) is 5.69 Å². The van der Waals surface area contributed by atoms with Gasteiger partial charge in [-0.15, -0.1) is 0 Å². The van der Waals surface area contributed by atoms with Gasteiger partial charge in [0, 0.05) is 5.69 Å². The summed E-state index contributed by atoms with van der Waals surface area (Å²) < 4.78 is 5.53. The van der Waals surface area contributed by atoms with Crippen molar-refractivity contribution in [2.24, 2.45) is 5.10 Å². The summed E-state index contributed by atoms with van der Waals surface area (Å²) in [5.41, 5.74) is 5.13. The quantitative estimate of drug-likeness (QED) is 0.521. The van der Waals surface area contributed by atoms with Crippen LogP contribution in [-0.4, -0.2) is 30.9 Å². The van der Waals surface area contributed by atoms with Crippen LogP contribution < -0.4 is 15.5 Å². The van der Waals surface area contributed by atoms with E-state index in [1.165, 1.54) is 13.3 Å². The minimum atomic E-state index is -0.267. The number of hydrazone groups is 1. The number of hydrogen-bond donors (Lipinski definition) is 3. The lowest BCUT2D eigenvalue weighted by atomic mass is 10.2. The molecule has 24 heavy (non-hydrogen) atoms. The van der Waals surface area contributed by atoms with Gasteiger partial charge in [0.15, 0.2) is 11.5 Å². The van der Waals surface area contributed by atoms with Crippen LogP contribution in [0.5, 0.6) is 11.5 Å². The number of amides is 1. The SMILES string of the molecule is COc1cc(/C=N/NC(=O)CNc2ccc(C)cc2)cc(Br)c1O. The minimum Gasteiger partial charge on any atom is -0.503 e. The molecule has 0 aromatic heterocycles. The zero-order valence-corrected chi connectivity index (χ0v) is 14.9. The number of nitrogens with one attached hydrogen (secondary N) is 2. The lowest BCUT2D eigenvalue weighted by Crippen LogP contribution is -2.25. The summed E-state index contributed by atoms with van der Waals surface area (Å²) in [4.78, 5) is 11.8. The van der Waals surface area contributed by atoms with Crippen LogP contribution in [0.2, 0.25) is 0 Å². The highest BCUT2D eigenvalue weighted by molar-refractivity contribution is 9.10. The van der Waals surface area contributed by atoms with Crippen LogP contribution in [0.1, 0.15) is 11.1 Å². The van der Waals surface area contributed by atoms with Gasteiger partial charge in [-0.25, -0.2) is 5.43 Å². The lowest BCUT2D eigenvalue weighted by molar-refractivity contribution is -0.119. The topological polar surface area (TPSA) is 83.0 Å². The van der Waals surface area contributed by atoms with Crippen LogP contribution in [0.15, 0.2) is 46.0 Å². The number of anilines is 1. The fourth-order valence-electron chi connectivity index (χ4n) is 1.90. The predicted octanol–water partition coefficient (Wildman–Crippen LogP) is 3.03. The molecule has 1 amide bonds. The van der Waals surface area contributed by atoms with E-state index in [1.807, 2.05) is 31.2 Å². The Morgan fingerprint density at radius 3 is 2.71 bits per heavy atom. The van der Waals surface area contributed by atoms with Gasteiger partial charge in [-0.05, 0) is 52.7 Å². The van der Waals surface area contributed by atoms with Crippen LogP contribution >= 0.6 is 15.9 Å². The summed E-state index contributed by atoms with van der Waals surface area (Å²) in [7, 11) is 1.46. The first-order chi connectivity index (χ1) is 11.5. The van der Waals surface area contributed by atoms with Gasteiger partial charge in [0.05, 0.1) is 24.3 Å². The number of aryl methyl sites for hydroxylation is 1. The second kappa shape index (κ2) is 8.35. The van der Waals surface area contributed by atoms with Crippen molar-refractivity contribution in [3.8, 4) is 11.5 Å². The molecule has 2 rings (SSSR count). The van der Waals surface area contributed by atoms with Gasteiger partial charge in [-0.1, -0.05) is 17.7 Å². The number of halogens is 1. The number of benzene rings is 2. The second-order valence-electron chi connectivity index (χ2n) is 5.07. The molecule has 2 aromatic rings. The van der Waals surface area contributed by atoms with Gasteiger partial charge in [0.1, 0.15) is 0 Å². The average molecular weight is 392 g/mol. The fraction of sp³-hybridized carbons (Fsp3) is 0.176. The molecule has 0 spiro atoms. The zero-order valence-electron chi connectivity index (χ0n) is 13.3. The van der Waals surface area contributed by atoms with Crippen molar-refractivity contribution in [1.29, 1.82) is 0 Å². The molecule has 3 N–H and O–H groups in total. The summed E-state index contributed by atoms with van der Waals surface area (Å²) in [6, 6.07) is 11.0. The van der Waals surface area contributed by atoms with Crippen molar-refractivity contribution in [2.75, 3.05) is 19.0 Å². The van der Waals surface area contributed by atoms with Crippen molar-refractivity contribution in [1.82, 2.24) is 5.43 Å². The van der Waals surface area contributed by atoms with E-state index < -0.39 is 0 Å². The Hall–Kier alpha value is -2.54. The van der Waals surface area contributed by atoms with Crippen LogP contribution in [-0.2, 0) is 4.79 Å². The van der Waals surface area contributed by atoms with E-state index in [0.29, 0.717) is 15.8 Å².